The Balaban J connectivity index is 0.00000240. The number of nitriles is 1. The molecule has 29 heavy (non-hydrogen) atoms. The fourth-order valence-electron chi connectivity index (χ4n) is 3.39. The molecular weight excluding hydrogens is 397 g/mol. The molecule has 2 atom stereocenters. The average molecular weight is 418 g/mol. The first-order chi connectivity index (χ1) is 13.6. The molecule has 0 aliphatic carbocycles. The molecule has 1 fully saturated rings. The van der Waals surface area contributed by atoms with Crippen LogP contribution >= 0.6 is 12.4 Å². The summed E-state index contributed by atoms with van der Waals surface area (Å²) in [5, 5.41) is 9.19. The number of halogens is 2. The number of imidazole rings is 1. The number of fused-ring (bicyclic) bond motifs is 1. The van der Waals surface area contributed by atoms with E-state index < -0.39 is 12.2 Å². The maximum absolute atomic E-state index is 13.8. The lowest BCUT2D eigenvalue weighted by Crippen LogP contribution is -2.50. The second kappa shape index (κ2) is 8.59. The first-order valence-electron chi connectivity index (χ1n) is 8.99. The number of anilines is 1. The number of hydrogen-bond donors (Lipinski definition) is 1. The van der Waals surface area contributed by atoms with Crippen molar-refractivity contribution in [2.24, 2.45) is 5.73 Å². The summed E-state index contributed by atoms with van der Waals surface area (Å²) < 4.78 is 20.9. The molecule has 1 saturated heterocycles. The number of ether oxygens (including phenoxy) is 1. The van der Waals surface area contributed by atoms with Crippen molar-refractivity contribution in [2.45, 2.75) is 25.2 Å². The predicted molar refractivity (Wildman–Crippen MR) is 109 cm³/mol. The minimum atomic E-state index is -1.01. The molecule has 2 N–H and O–H groups in total. The Morgan fingerprint density at radius 3 is 2.76 bits per heavy atom. The number of benzene rings is 1. The van der Waals surface area contributed by atoms with Crippen molar-refractivity contribution in [1.29, 1.82) is 5.26 Å². The van der Waals surface area contributed by atoms with E-state index >= 15 is 0 Å². The van der Waals surface area contributed by atoms with E-state index in [2.05, 4.69) is 16.0 Å². The summed E-state index contributed by atoms with van der Waals surface area (Å²) in [7, 11) is 1.56. The molecule has 0 spiro atoms. The highest BCUT2D eigenvalue weighted by Gasteiger charge is 2.29. The van der Waals surface area contributed by atoms with Gasteiger partial charge < -0.3 is 19.9 Å². The number of aromatic nitrogens is 4. The summed E-state index contributed by atoms with van der Waals surface area (Å²) in [6, 6.07) is 6.92. The highest BCUT2D eigenvalue weighted by Crippen LogP contribution is 2.27. The molecule has 1 aliphatic rings. The van der Waals surface area contributed by atoms with E-state index in [-0.39, 0.29) is 12.4 Å². The number of nitrogens with zero attached hydrogens (tertiary/aromatic N) is 6. The van der Waals surface area contributed by atoms with Gasteiger partial charge >= 0.3 is 0 Å². The van der Waals surface area contributed by atoms with Crippen LogP contribution in [-0.4, -0.2) is 51.9 Å². The average Bonchev–Trinajstić information content (AvgIpc) is 3.08. The van der Waals surface area contributed by atoms with Crippen molar-refractivity contribution < 1.29 is 9.13 Å². The molecular formula is C19H21ClFN7O. The van der Waals surface area contributed by atoms with Crippen LogP contribution in [0.5, 0.6) is 5.75 Å². The molecule has 2 aromatic heterocycles. The molecule has 8 nitrogen and oxygen atoms in total. The topological polar surface area (TPSA) is 106 Å². The molecule has 4 rings (SSSR count). The lowest BCUT2D eigenvalue weighted by Gasteiger charge is -2.34. The third kappa shape index (κ3) is 4.09. The van der Waals surface area contributed by atoms with E-state index in [4.69, 9.17) is 15.5 Å². The van der Waals surface area contributed by atoms with Crippen molar-refractivity contribution in [2.75, 3.05) is 25.1 Å². The molecule has 10 heteroatoms. The SMILES string of the molecule is COc1cnc(Cn2c(N3CC[C@@H](F)[C@H](N)C3)nc3cc(C#N)ccc32)nc1.Cl. The number of rotatable bonds is 4. The van der Waals surface area contributed by atoms with E-state index in [1.165, 1.54) is 0 Å². The maximum atomic E-state index is 13.8. The van der Waals surface area contributed by atoms with Crippen LogP contribution in [0.25, 0.3) is 11.0 Å². The van der Waals surface area contributed by atoms with Gasteiger partial charge in [0.05, 0.1) is 54.8 Å². The van der Waals surface area contributed by atoms with Crippen LogP contribution < -0.4 is 15.4 Å². The largest absolute Gasteiger partial charge is 0.494 e. The van der Waals surface area contributed by atoms with Gasteiger partial charge in [0.25, 0.3) is 0 Å². The van der Waals surface area contributed by atoms with Crippen molar-refractivity contribution in [3.63, 3.8) is 0 Å². The summed E-state index contributed by atoms with van der Waals surface area (Å²) in [5.74, 6) is 1.84. The minimum Gasteiger partial charge on any atom is -0.494 e. The lowest BCUT2D eigenvalue weighted by atomic mass is 10.1. The monoisotopic (exact) mass is 417 g/mol. The Morgan fingerprint density at radius 2 is 2.10 bits per heavy atom. The predicted octanol–water partition coefficient (Wildman–Crippen LogP) is 2.05. The normalized spacial score (nSPS) is 18.9. The summed E-state index contributed by atoms with van der Waals surface area (Å²) in [5.41, 5.74) is 8.02. The maximum Gasteiger partial charge on any atom is 0.207 e. The summed E-state index contributed by atoms with van der Waals surface area (Å²) in [6.07, 6.45) is 2.57. The number of hydrogen-bond acceptors (Lipinski definition) is 7. The molecule has 1 aromatic carbocycles. The van der Waals surface area contributed by atoms with Gasteiger partial charge in [-0.15, -0.1) is 12.4 Å². The second-order valence-electron chi connectivity index (χ2n) is 6.77. The zero-order chi connectivity index (χ0) is 19.7. The summed E-state index contributed by atoms with van der Waals surface area (Å²) in [6.45, 7) is 1.28. The van der Waals surface area contributed by atoms with Gasteiger partial charge in [-0.1, -0.05) is 0 Å². The van der Waals surface area contributed by atoms with Crippen molar-refractivity contribution >= 4 is 29.4 Å². The zero-order valence-corrected chi connectivity index (χ0v) is 16.6. The first-order valence-corrected chi connectivity index (χ1v) is 8.99. The minimum absolute atomic E-state index is 0. The van der Waals surface area contributed by atoms with E-state index in [1.54, 1.807) is 31.6 Å². The number of methoxy groups -OCH3 is 1. The van der Waals surface area contributed by atoms with Crippen LogP contribution in [0.15, 0.2) is 30.6 Å². The fraction of sp³-hybridized carbons (Fsp3) is 0.368. The molecule has 0 bridgehead atoms. The number of piperidine rings is 1. The third-order valence-electron chi connectivity index (χ3n) is 4.93. The summed E-state index contributed by atoms with van der Waals surface area (Å²) >= 11 is 0. The standard InChI is InChI=1S/C19H20FN7O.ClH/c1-28-13-8-23-18(24-9-13)11-27-17-3-2-12(7-21)6-16(17)25-19(27)26-5-4-14(20)15(22)10-26;/h2-3,6,8-9,14-15H,4-5,10-11,22H2,1H3;1H/t14-,15-;/m1./s1. The smallest absolute Gasteiger partial charge is 0.207 e. The quantitative estimate of drug-likeness (QED) is 0.692. The van der Waals surface area contributed by atoms with Crippen LogP contribution in [0.4, 0.5) is 10.3 Å². The van der Waals surface area contributed by atoms with Crippen LogP contribution in [0, 0.1) is 11.3 Å². The fourth-order valence-corrected chi connectivity index (χ4v) is 3.39. The molecule has 0 radical (unpaired) electrons. The molecule has 1 aliphatic heterocycles. The van der Waals surface area contributed by atoms with Gasteiger partial charge in [0, 0.05) is 13.1 Å². The van der Waals surface area contributed by atoms with Gasteiger partial charge in [-0.25, -0.2) is 19.3 Å². The van der Waals surface area contributed by atoms with Crippen LogP contribution in [0.1, 0.15) is 17.8 Å². The molecule has 3 heterocycles. The van der Waals surface area contributed by atoms with Gasteiger partial charge in [-0.2, -0.15) is 5.26 Å². The van der Waals surface area contributed by atoms with Crippen molar-refractivity contribution in [3.05, 3.63) is 42.0 Å². The number of alkyl halides is 1. The molecule has 152 valence electrons. The van der Waals surface area contributed by atoms with E-state index in [1.807, 2.05) is 15.5 Å². The van der Waals surface area contributed by atoms with Crippen LogP contribution in [-0.2, 0) is 6.54 Å². The molecule has 0 amide bonds. The van der Waals surface area contributed by atoms with Gasteiger partial charge in [-0.05, 0) is 24.6 Å². The Kier molecular flexibility index (Phi) is 6.15. The molecule has 0 saturated carbocycles. The Labute approximate surface area is 173 Å². The highest BCUT2D eigenvalue weighted by atomic mass is 35.5. The number of nitrogens with two attached hydrogens (primary N) is 1. The van der Waals surface area contributed by atoms with Crippen LogP contribution in [0.3, 0.4) is 0 Å². The van der Waals surface area contributed by atoms with Gasteiger partial charge in [0.1, 0.15) is 12.0 Å². The Morgan fingerprint density at radius 1 is 1.34 bits per heavy atom. The van der Waals surface area contributed by atoms with Crippen LogP contribution in [0.2, 0.25) is 0 Å². The highest BCUT2D eigenvalue weighted by molar-refractivity contribution is 5.85. The van der Waals surface area contributed by atoms with E-state index in [9.17, 15) is 9.65 Å². The van der Waals surface area contributed by atoms with Gasteiger partial charge in [0.2, 0.25) is 5.95 Å². The summed E-state index contributed by atoms with van der Waals surface area (Å²) in [4.78, 5) is 15.4. The second-order valence-corrected chi connectivity index (χ2v) is 6.77. The van der Waals surface area contributed by atoms with Crippen molar-refractivity contribution in [3.8, 4) is 11.8 Å². The van der Waals surface area contributed by atoms with E-state index in [0.29, 0.717) is 54.7 Å². The van der Waals surface area contributed by atoms with Gasteiger partial charge in [-0.3, -0.25) is 0 Å². The molecule has 0 unspecified atom stereocenters. The first kappa shape index (κ1) is 20.8. The molecule has 3 aromatic rings. The van der Waals surface area contributed by atoms with Gasteiger partial charge in [0.15, 0.2) is 5.75 Å². The zero-order valence-electron chi connectivity index (χ0n) is 15.8. The Bertz CT molecular complexity index is 1030. The van der Waals surface area contributed by atoms with E-state index in [0.717, 1.165) is 5.52 Å². The third-order valence-corrected chi connectivity index (χ3v) is 4.93. The van der Waals surface area contributed by atoms with Crippen molar-refractivity contribution in [1.82, 2.24) is 19.5 Å². The lowest BCUT2D eigenvalue weighted by molar-refractivity contribution is 0.243. The Hall–Kier alpha value is -2.96.